The minimum Gasteiger partial charge on any atom is -0.365 e. The van der Waals surface area contributed by atoms with Crippen molar-refractivity contribution >= 4 is 17.3 Å². The van der Waals surface area contributed by atoms with Crippen molar-refractivity contribution in [1.29, 1.82) is 0 Å². The lowest BCUT2D eigenvalue weighted by molar-refractivity contribution is -0.137. The number of hydrogen-bond acceptors (Lipinski definition) is 2. The normalized spacial score (nSPS) is 11.5. The highest BCUT2D eigenvalue weighted by molar-refractivity contribution is 6.30. The average molecular weight is 240 g/mol. The van der Waals surface area contributed by atoms with Crippen molar-refractivity contribution in [1.82, 2.24) is 0 Å². The monoisotopic (exact) mass is 239 g/mol. The highest BCUT2D eigenvalue weighted by Gasteiger charge is 2.33. The van der Waals surface area contributed by atoms with Crippen LogP contribution < -0.4 is 5.32 Å². The van der Waals surface area contributed by atoms with Gasteiger partial charge in [-0.1, -0.05) is 11.6 Å². The topological polar surface area (TPSA) is 21.3 Å². The van der Waals surface area contributed by atoms with Gasteiger partial charge in [-0.25, -0.2) is 0 Å². The number of methoxy groups -OCH3 is 1. The molecule has 0 aliphatic carbocycles. The molecular weight excluding hydrogens is 231 g/mol. The maximum atomic E-state index is 12.5. The molecule has 0 aliphatic heterocycles. The van der Waals surface area contributed by atoms with E-state index < -0.39 is 11.7 Å². The van der Waals surface area contributed by atoms with Crippen LogP contribution in [-0.2, 0) is 10.9 Å². The fourth-order valence-electron chi connectivity index (χ4n) is 1.06. The summed E-state index contributed by atoms with van der Waals surface area (Å²) in [6, 6.07) is 3.53. The molecule has 0 unspecified atom stereocenters. The third-order valence-electron chi connectivity index (χ3n) is 1.69. The maximum absolute atomic E-state index is 12.5. The van der Waals surface area contributed by atoms with Crippen LogP contribution in [0.2, 0.25) is 5.02 Å². The summed E-state index contributed by atoms with van der Waals surface area (Å²) in [7, 11) is 1.39. The molecule has 0 amide bonds. The van der Waals surface area contributed by atoms with Crippen molar-refractivity contribution < 1.29 is 17.9 Å². The minimum atomic E-state index is -4.43. The van der Waals surface area contributed by atoms with Crippen LogP contribution in [0.4, 0.5) is 18.9 Å². The van der Waals surface area contributed by atoms with E-state index in [0.717, 1.165) is 6.07 Å². The van der Waals surface area contributed by atoms with Crippen LogP contribution in [-0.4, -0.2) is 13.8 Å². The van der Waals surface area contributed by atoms with Crippen LogP contribution in [0, 0.1) is 0 Å². The third-order valence-corrected chi connectivity index (χ3v) is 1.93. The summed E-state index contributed by atoms with van der Waals surface area (Å²) in [6.45, 7) is 0.00467. The molecule has 0 bridgehead atoms. The molecule has 1 aromatic carbocycles. The summed E-state index contributed by atoms with van der Waals surface area (Å²) in [6.07, 6.45) is -4.43. The molecule has 15 heavy (non-hydrogen) atoms. The Labute approximate surface area is 90.0 Å². The quantitative estimate of drug-likeness (QED) is 0.817. The molecule has 0 heterocycles. The Hall–Kier alpha value is -0.940. The van der Waals surface area contributed by atoms with Crippen LogP contribution >= 0.6 is 11.6 Å². The number of nitrogens with one attached hydrogen (secondary N) is 1. The van der Waals surface area contributed by atoms with E-state index in [1.54, 1.807) is 0 Å². The lowest BCUT2D eigenvalue weighted by Crippen LogP contribution is -2.12. The summed E-state index contributed by atoms with van der Waals surface area (Å²) in [5.74, 6) is 0. The van der Waals surface area contributed by atoms with E-state index in [9.17, 15) is 13.2 Å². The van der Waals surface area contributed by atoms with Gasteiger partial charge in [0, 0.05) is 17.8 Å². The second kappa shape index (κ2) is 4.72. The van der Waals surface area contributed by atoms with Crippen LogP contribution in [0.3, 0.4) is 0 Å². The maximum Gasteiger partial charge on any atom is 0.418 e. The van der Waals surface area contributed by atoms with Crippen LogP contribution in [0.5, 0.6) is 0 Å². The lowest BCUT2D eigenvalue weighted by Gasteiger charge is -2.14. The van der Waals surface area contributed by atoms with E-state index >= 15 is 0 Å². The standard InChI is InChI=1S/C9H9ClF3NO/c1-15-5-14-8-3-2-6(10)4-7(8)9(11,12)13/h2-4,14H,5H2,1H3. The number of alkyl halides is 3. The Balaban J connectivity index is 3.04. The number of hydrogen-bond donors (Lipinski definition) is 1. The summed E-state index contributed by atoms with van der Waals surface area (Å²) in [4.78, 5) is 0. The highest BCUT2D eigenvalue weighted by atomic mass is 35.5. The summed E-state index contributed by atoms with van der Waals surface area (Å²) in [5, 5.41) is 2.54. The lowest BCUT2D eigenvalue weighted by atomic mass is 10.1. The molecule has 0 fully saturated rings. The first kappa shape index (κ1) is 12.1. The van der Waals surface area contributed by atoms with Gasteiger partial charge in [-0.3, -0.25) is 0 Å². The largest absolute Gasteiger partial charge is 0.418 e. The van der Waals surface area contributed by atoms with Gasteiger partial charge in [0.25, 0.3) is 0 Å². The van der Waals surface area contributed by atoms with E-state index in [1.807, 2.05) is 0 Å². The van der Waals surface area contributed by atoms with Gasteiger partial charge in [0.05, 0.1) is 5.56 Å². The molecule has 0 spiro atoms. The Morgan fingerprint density at radius 3 is 2.60 bits per heavy atom. The van der Waals surface area contributed by atoms with Crippen molar-refractivity contribution in [2.24, 2.45) is 0 Å². The van der Waals surface area contributed by atoms with Crippen molar-refractivity contribution in [3.8, 4) is 0 Å². The summed E-state index contributed by atoms with van der Waals surface area (Å²) in [5.41, 5.74) is -0.846. The van der Waals surface area contributed by atoms with Crippen molar-refractivity contribution in [3.63, 3.8) is 0 Å². The molecule has 0 aromatic heterocycles. The Morgan fingerprint density at radius 1 is 1.40 bits per heavy atom. The molecule has 1 rings (SSSR count). The van der Waals surface area contributed by atoms with Crippen molar-refractivity contribution in [3.05, 3.63) is 28.8 Å². The van der Waals surface area contributed by atoms with Crippen LogP contribution in [0.1, 0.15) is 5.56 Å². The molecular formula is C9H9ClF3NO. The summed E-state index contributed by atoms with van der Waals surface area (Å²) < 4.78 is 42.2. The Kier molecular flexibility index (Phi) is 3.82. The number of ether oxygens (including phenoxy) is 1. The number of halogens is 4. The highest BCUT2D eigenvalue weighted by Crippen LogP contribution is 2.36. The van der Waals surface area contributed by atoms with Gasteiger partial charge in [-0.2, -0.15) is 13.2 Å². The predicted octanol–water partition coefficient (Wildman–Crippen LogP) is 3.37. The molecule has 0 saturated carbocycles. The average Bonchev–Trinajstić information content (AvgIpc) is 2.14. The van der Waals surface area contributed by atoms with E-state index in [1.165, 1.54) is 19.2 Å². The van der Waals surface area contributed by atoms with Gasteiger partial charge in [0.2, 0.25) is 0 Å². The van der Waals surface area contributed by atoms with Gasteiger partial charge in [-0.05, 0) is 18.2 Å². The van der Waals surface area contributed by atoms with Crippen LogP contribution in [0.15, 0.2) is 18.2 Å². The first-order valence-electron chi connectivity index (χ1n) is 4.04. The predicted molar refractivity (Wildman–Crippen MR) is 52.0 cm³/mol. The smallest absolute Gasteiger partial charge is 0.365 e. The van der Waals surface area contributed by atoms with Gasteiger partial charge >= 0.3 is 6.18 Å². The number of anilines is 1. The van der Waals surface area contributed by atoms with Gasteiger partial charge in [0.15, 0.2) is 0 Å². The zero-order chi connectivity index (χ0) is 11.5. The summed E-state index contributed by atoms with van der Waals surface area (Å²) >= 11 is 5.50. The molecule has 2 nitrogen and oxygen atoms in total. The van der Waals surface area contributed by atoms with E-state index in [4.69, 9.17) is 11.6 Å². The molecule has 0 atom stereocenters. The molecule has 0 saturated heterocycles. The first-order valence-corrected chi connectivity index (χ1v) is 4.42. The SMILES string of the molecule is COCNc1ccc(Cl)cc1C(F)(F)F. The van der Waals surface area contributed by atoms with Crippen LogP contribution in [0.25, 0.3) is 0 Å². The second-order valence-electron chi connectivity index (χ2n) is 2.80. The molecule has 1 N–H and O–H groups in total. The van der Waals surface area contributed by atoms with E-state index in [-0.39, 0.29) is 17.4 Å². The molecule has 0 radical (unpaired) electrons. The number of benzene rings is 1. The van der Waals surface area contributed by atoms with Gasteiger partial charge in [0.1, 0.15) is 6.73 Å². The Morgan fingerprint density at radius 2 is 2.07 bits per heavy atom. The molecule has 6 heteroatoms. The third kappa shape index (κ3) is 3.28. The van der Waals surface area contributed by atoms with E-state index in [2.05, 4.69) is 10.1 Å². The fourth-order valence-corrected chi connectivity index (χ4v) is 1.23. The molecule has 0 aliphatic rings. The van der Waals surface area contributed by atoms with E-state index in [0.29, 0.717) is 0 Å². The zero-order valence-electron chi connectivity index (χ0n) is 7.86. The number of rotatable bonds is 3. The van der Waals surface area contributed by atoms with Gasteiger partial charge < -0.3 is 10.1 Å². The van der Waals surface area contributed by atoms with Gasteiger partial charge in [-0.15, -0.1) is 0 Å². The molecule has 84 valence electrons. The minimum absolute atomic E-state index is 0.00467. The first-order chi connectivity index (χ1) is 6.95. The fraction of sp³-hybridized carbons (Fsp3) is 0.333. The van der Waals surface area contributed by atoms with Crippen molar-refractivity contribution in [2.45, 2.75) is 6.18 Å². The zero-order valence-corrected chi connectivity index (χ0v) is 8.62. The van der Waals surface area contributed by atoms with Crippen molar-refractivity contribution in [2.75, 3.05) is 19.2 Å². The molecule has 1 aromatic rings. The Bertz CT molecular complexity index is 341. The second-order valence-corrected chi connectivity index (χ2v) is 3.23.